The van der Waals surface area contributed by atoms with E-state index in [2.05, 4.69) is 10.3 Å². The normalized spacial score (nSPS) is 10.6. The van der Waals surface area contributed by atoms with Crippen LogP contribution in [0.15, 0.2) is 78.9 Å². The van der Waals surface area contributed by atoms with Crippen molar-refractivity contribution in [3.05, 3.63) is 95.7 Å². The van der Waals surface area contributed by atoms with Crippen molar-refractivity contribution >= 4 is 22.5 Å². The maximum absolute atomic E-state index is 12.8. The van der Waals surface area contributed by atoms with Crippen LogP contribution in [0.1, 0.15) is 21.6 Å². The largest absolute Gasteiger partial charge is 0.457 e. The van der Waals surface area contributed by atoms with Crippen LogP contribution < -0.4 is 10.1 Å². The lowest BCUT2D eigenvalue weighted by Crippen LogP contribution is -2.13. The number of carbonyl (C=O) groups excluding carboxylic acids is 1. The maximum atomic E-state index is 12.8. The summed E-state index contributed by atoms with van der Waals surface area (Å²) in [6, 6.07) is 24.7. The second-order valence-electron chi connectivity index (χ2n) is 6.73. The second-order valence-corrected chi connectivity index (χ2v) is 6.73. The minimum absolute atomic E-state index is 0.158. The average molecular weight is 368 g/mol. The molecule has 0 saturated heterocycles. The molecule has 0 spiro atoms. The molecule has 1 N–H and O–H groups in total. The summed E-state index contributed by atoms with van der Waals surface area (Å²) < 4.78 is 5.86. The summed E-state index contributed by atoms with van der Waals surface area (Å²) in [5.74, 6) is 1.35. The number of rotatable bonds is 4. The number of pyridine rings is 1. The Hall–Kier alpha value is -3.66. The van der Waals surface area contributed by atoms with Gasteiger partial charge in [-0.1, -0.05) is 30.3 Å². The first-order chi connectivity index (χ1) is 13.6. The zero-order valence-electron chi connectivity index (χ0n) is 15.8. The van der Waals surface area contributed by atoms with Crippen molar-refractivity contribution in [2.45, 2.75) is 13.8 Å². The lowest BCUT2D eigenvalue weighted by atomic mass is 10.1. The molecule has 1 aromatic heterocycles. The Bertz CT molecular complexity index is 1150. The number of amides is 1. The first-order valence-electron chi connectivity index (χ1n) is 9.11. The minimum atomic E-state index is -0.158. The van der Waals surface area contributed by atoms with E-state index >= 15 is 0 Å². The first kappa shape index (κ1) is 17.7. The van der Waals surface area contributed by atoms with Gasteiger partial charge in [-0.15, -0.1) is 0 Å². The Balaban J connectivity index is 1.53. The quantitative estimate of drug-likeness (QED) is 0.488. The third-order valence-electron chi connectivity index (χ3n) is 4.43. The number of hydrogen-bond acceptors (Lipinski definition) is 3. The highest BCUT2D eigenvalue weighted by Crippen LogP contribution is 2.25. The number of nitrogens with zero attached hydrogens (tertiary/aromatic N) is 1. The highest BCUT2D eigenvalue weighted by Gasteiger charge is 2.12. The van der Waals surface area contributed by atoms with Crippen LogP contribution in [-0.4, -0.2) is 10.9 Å². The number of ether oxygens (including phenoxy) is 1. The number of carbonyl (C=O) groups is 1. The van der Waals surface area contributed by atoms with Gasteiger partial charge in [0.05, 0.1) is 11.1 Å². The van der Waals surface area contributed by atoms with Gasteiger partial charge in [0.15, 0.2) is 0 Å². The van der Waals surface area contributed by atoms with Crippen LogP contribution in [0.25, 0.3) is 10.9 Å². The summed E-state index contributed by atoms with van der Waals surface area (Å²) in [6.45, 7) is 3.91. The molecule has 4 rings (SSSR count). The Morgan fingerprint density at radius 3 is 2.43 bits per heavy atom. The molecule has 0 bridgehead atoms. The number of hydrogen-bond donors (Lipinski definition) is 1. The predicted molar refractivity (Wildman–Crippen MR) is 112 cm³/mol. The number of aryl methyl sites for hydroxylation is 2. The van der Waals surface area contributed by atoms with Gasteiger partial charge in [0.25, 0.3) is 5.91 Å². The van der Waals surface area contributed by atoms with E-state index in [-0.39, 0.29) is 5.91 Å². The summed E-state index contributed by atoms with van der Waals surface area (Å²) in [5.41, 5.74) is 4.09. The topological polar surface area (TPSA) is 51.2 Å². The zero-order valence-corrected chi connectivity index (χ0v) is 15.8. The molecule has 28 heavy (non-hydrogen) atoms. The molecule has 0 aliphatic rings. The summed E-state index contributed by atoms with van der Waals surface area (Å²) in [7, 11) is 0. The van der Waals surface area contributed by atoms with Gasteiger partial charge in [-0.05, 0) is 67.9 Å². The fourth-order valence-electron chi connectivity index (χ4n) is 3.12. The van der Waals surface area contributed by atoms with Gasteiger partial charge in [0, 0.05) is 16.8 Å². The van der Waals surface area contributed by atoms with Crippen molar-refractivity contribution in [1.29, 1.82) is 0 Å². The van der Waals surface area contributed by atoms with Crippen LogP contribution >= 0.6 is 0 Å². The molecule has 4 aromatic rings. The average Bonchev–Trinajstić information content (AvgIpc) is 2.69. The van der Waals surface area contributed by atoms with Crippen LogP contribution in [0.2, 0.25) is 0 Å². The van der Waals surface area contributed by atoms with Gasteiger partial charge >= 0.3 is 0 Å². The number of para-hydroxylation sites is 1. The molecular formula is C24H20N2O2. The van der Waals surface area contributed by atoms with Crippen molar-refractivity contribution < 1.29 is 9.53 Å². The predicted octanol–water partition coefficient (Wildman–Crippen LogP) is 5.90. The van der Waals surface area contributed by atoms with E-state index in [1.165, 1.54) is 0 Å². The molecule has 1 amide bonds. The maximum Gasteiger partial charge on any atom is 0.256 e. The van der Waals surface area contributed by atoms with E-state index in [4.69, 9.17) is 4.74 Å². The van der Waals surface area contributed by atoms with Gasteiger partial charge in [-0.25, -0.2) is 0 Å². The van der Waals surface area contributed by atoms with E-state index in [0.29, 0.717) is 17.0 Å². The van der Waals surface area contributed by atoms with Crippen molar-refractivity contribution in [1.82, 2.24) is 4.98 Å². The number of nitrogens with one attached hydrogen (secondary N) is 1. The van der Waals surface area contributed by atoms with Crippen LogP contribution in [0, 0.1) is 13.8 Å². The fourth-order valence-corrected chi connectivity index (χ4v) is 3.12. The van der Waals surface area contributed by atoms with Crippen molar-refractivity contribution in [2.75, 3.05) is 5.32 Å². The second kappa shape index (κ2) is 7.53. The number of aromatic nitrogens is 1. The molecule has 0 unspecified atom stereocenters. The molecule has 3 aromatic carbocycles. The summed E-state index contributed by atoms with van der Waals surface area (Å²) >= 11 is 0. The van der Waals surface area contributed by atoms with Crippen LogP contribution in [0.4, 0.5) is 5.69 Å². The SMILES string of the molecule is Cc1cccc(Oc2ccc(NC(=O)c3cc(C)nc4ccccc34)cc2)c1. The molecular weight excluding hydrogens is 348 g/mol. The summed E-state index contributed by atoms with van der Waals surface area (Å²) in [5, 5.41) is 3.79. The third-order valence-corrected chi connectivity index (χ3v) is 4.43. The van der Waals surface area contributed by atoms with Crippen molar-refractivity contribution in [2.24, 2.45) is 0 Å². The minimum Gasteiger partial charge on any atom is -0.457 e. The standard InChI is InChI=1S/C24H20N2O2/c1-16-6-5-7-20(14-16)28-19-12-10-18(11-13-19)26-24(27)22-15-17(2)25-23-9-4-3-8-21(22)23/h3-15H,1-2H3,(H,26,27). The number of benzene rings is 3. The van der Waals surface area contributed by atoms with E-state index < -0.39 is 0 Å². The van der Waals surface area contributed by atoms with Gasteiger partial charge in [-0.3, -0.25) is 9.78 Å². The van der Waals surface area contributed by atoms with Crippen LogP contribution in [0.5, 0.6) is 11.5 Å². The smallest absolute Gasteiger partial charge is 0.256 e. The molecule has 138 valence electrons. The molecule has 4 heteroatoms. The first-order valence-corrected chi connectivity index (χ1v) is 9.11. The Morgan fingerprint density at radius 1 is 0.857 bits per heavy atom. The van der Waals surface area contributed by atoms with Gasteiger partial charge in [0.2, 0.25) is 0 Å². The van der Waals surface area contributed by atoms with Crippen LogP contribution in [-0.2, 0) is 0 Å². The molecule has 0 aliphatic heterocycles. The highest BCUT2D eigenvalue weighted by atomic mass is 16.5. The highest BCUT2D eigenvalue weighted by molar-refractivity contribution is 6.12. The van der Waals surface area contributed by atoms with Gasteiger partial charge in [0.1, 0.15) is 11.5 Å². The van der Waals surface area contributed by atoms with E-state index in [0.717, 1.165) is 27.9 Å². The van der Waals surface area contributed by atoms with Gasteiger partial charge in [-0.2, -0.15) is 0 Å². The molecule has 0 fully saturated rings. The number of anilines is 1. The molecule has 0 aliphatic carbocycles. The molecule has 0 atom stereocenters. The lowest BCUT2D eigenvalue weighted by Gasteiger charge is -2.10. The third kappa shape index (κ3) is 3.86. The van der Waals surface area contributed by atoms with E-state index in [9.17, 15) is 4.79 Å². The molecule has 1 heterocycles. The molecule has 4 nitrogen and oxygen atoms in total. The van der Waals surface area contributed by atoms with E-state index in [1.54, 1.807) is 0 Å². The molecule has 0 saturated carbocycles. The molecule has 0 radical (unpaired) electrons. The van der Waals surface area contributed by atoms with Crippen molar-refractivity contribution in [3.63, 3.8) is 0 Å². The van der Waals surface area contributed by atoms with Crippen LogP contribution in [0.3, 0.4) is 0 Å². The van der Waals surface area contributed by atoms with Gasteiger partial charge < -0.3 is 10.1 Å². The lowest BCUT2D eigenvalue weighted by molar-refractivity contribution is 0.102. The summed E-state index contributed by atoms with van der Waals surface area (Å²) in [6.07, 6.45) is 0. The fraction of sp³-hybridized carbons (Fsp3) is 0.0833. The zero-order chi connectivity index (χ0) is 19.5. The summed E-state index contributed by atoms with van der Waals surface area (Å²) in [4.78, 5) is 17.3. The number of fused-ring (bicyclic) bond motifs is 1. The Morgan fingerprint density at radius 2 is 1.64 bits per heavy atom. The monoisotopic (exact) mass is 368 g/mol. The van der Waals surface area contributed by atoms with Crippen molar-refractivity contribution in [3.8, 4) is 11.5 Å². The van der Waals surface area contributed by atoms with E-state index in [1.807, 2.05) is 92.7 Å². The Labute approximate surface area is 163 Å². The Kier molecular flexibility index (Phi) is 4.77.